The van der Waals surface area contributed by atoms with Crippen molar-refractivity contribution in [1.29, 1.82) is 0 Å². The lowest BCUT2D eigenvalue weighted by Gasteiger charge is -2.22. The van der Waals surface area contributed by atoms with E-state index in [4.69, 9.17) is 15.2 Å². The topological polar surface area (TPSA) is 64.8 Å². The number of ether oxygens (including phenoxy) is 2. The fourth-order valence-corrected chi connectivity index (χ4v) is 2.63. The highest BCUT2D eigenvalue weighted by Gasteiger charge is 2.16. The third kappa shape index (κ3) is 5.66. The summed E-state index contributed by atoms with van der Waals surface area (Å²) in [5.74, 6) is 1.49. The van der Waals surface area contributed by atoms with Gasteiger partial charge in [0.1, 0.15) is 0 Å². The molecule has 0 aliphatic heterocycles. The maximum absolute atomic E-state index is 12.4. The predicted molar refractivity (Wildman–Crippen MR) is 94.1 cm³/mol. The molecule has 0 aromatic heterocycles. The Kier molecular flexibility index (Phi) is 8.30. The van der Waals surface area contributed by atoms with Gasteiger partial charge >= 0.3 is 0 Å². The summed E-state index contributed by atoms with van der Waals surface area (Å²) in [5.41, 5.74) is 7.47. The number of nitrogens with zero attached hydrogens (tertiary/aromatic N) is 1. The fourth-order valence-electron chi connectivity index (χ4n) is 2.63. The van der Waals surface area contributed by atoms with Crippen molar-refractivity contribution in [3.05, 3.63) is 17.7 Å². The average molecular weight is 322 g/mol. The van der Waals surface area contributed by atoms with Crippen LogP contribution in [0.25, 0.3) is 0 Å². The molecule has 0 aliphatic rings. The van der Waals surface area contributed by atoms with Gasteiger partial charge in [0.2, 0.25) is 5.91 Å². The number of carbonyl (C=O) groups excluding carboxylic acids is 1. The van der Waals surface area contributed by atoms with Gasteiger partial charge < -0.3 is 20.1 Å². The van der Waals surface area contributed by atoms with Crippen molar-refractivity contribution in [3.8, 4) is 11.5 Å². The van der Waals surface area contributed by atoms with Crippen LogP contribution in [-0.4, -0.2) is 37.6 Å². The molecule has 23 heavy (non-hydrogen) atoms. The monoisotopic (exact) mass is 322 g/mol. The number of nitrogens with two attached hydrogens (primary N) is 1. The summed E-state index contributed by atoms with van der Waals surface area (Å²) < 4.78 is 11.0. The highest BCUT2D eigenvalue weighted by Crippen LogP contribution is 2.34. The molecule has 0 saturated heterocycles. The van der Waals surface area contributed by atoms with Gasteiger partial charge in [-0.1, -0.05) is 13.8 Å². The number of benzene rings is 1. The number of rotatable bonds is 10. The molecule has 0 fully saturated rings. The van der Waals surface area contributed by atoms with Gasteiger partial charge in [-0.2, -0.15) is 0 Å². The Hall–Kier alpha value is -1.91. The zero-order valence-electron chi connectivity index (χ0n) is 14.9. The SMILES string of the molecule is CCCN(CCC)C(=O)CCc1cc(N)cc(OC)c1OCC. The first kappa shape index (κ1) is 19.1. The first-order chi connectivity index (χ1) is 11.1. The second kappa shape index (κ2) is 9.98. The van der Waals surface area contributed by atoms with E-state index in [0.717, 1.165) is 31.5 Å². The minimum absolute atomic E-state index is 0.178. The van der Waals surface area contributed by atoms with E-state index in [9.17, 15) is 4.79 Å². The lowest BCUT2D eigenvalue weighted by Crippen LogP contribution is -2.32. The third-order valence-electron chi connectivity index (χ3n) is 3.61. The number of amides is 1. The second-order valence-electron chi connectivity index (χ2n) is 5.53. The summed E-state index contributed by atoms with van der Waals surface area (Å²) in [6, 6.07) is 3.61. The second-order valence-corrected chi connectivity index (χ2v) is 5.53. The van der Waals surface area contributed by atoms with Gasteiger partial charge in [-0.05, 0) is 32.3 Å². The van der Waals surface area contributed by atoms with E-state index in [2.05, 4.69) is 13.8 Å². The average Bonchev–Trinajstić information content (AvgIpc) is 2.54. The number of anilines is 1. The largest absolute Gasteiger partial charge is 0.493 e. The molecule has 1 aromatic carbocycles. The molecule has 0 spiro atoms. The summed E-state index contributed by atoms with van der Waals surface area (Å²) in [6.45, 7) is 8.27. The zero-order valence-corrected chi connectivity index (χ0v) is 14.9. The van der Waals surface area contributed by atoms with Crippen LogP contribution in [0.2, 0.25) is 0 Å². The Balaban J connectivity index is 2.86. The fraction of sp³-hybridized carbons (Fsp3) is 0.611. The lowest BCUT2D eigenvalue weighted by molar-refractivity contribution is -0.131. The molecule has 5 heteroatoms. The molecule has 0 bridgehead atoms. The van der Waals surface area contributed by atoms with Crippen LogP contribution < -0.4 is 15.2 Å². The molecule has 0 saturated carbocycles. The van der Waals surface area contributed by atoms with Crippen LogP contribution in [-0.2, 0) is 11.2 Å². The van der Waals surface area contributed by atoms with Crippen molar-refractivity contribution in [3.63, 3.8) is 0 Å². The van der Waals surface area contributed by atoms with Gasteiger partial charge in [-0.15, -0.1) is 0 Å². The summed E-state index contributed by atoms with van der Waals surface area (Å²) in [5, 5.41) is 0. The number of nitrogen functional groups attached to an aromatic ring is 1. The molecule has 0 unspecified atom stereocenters. The lowest BCUT2D eigenvalue weighted by atomic mass is 10.1. The van der Waals surface area contributed by atoms with Gasteiger partial charge in [0.05, 0.1) is 13.7 Å². The molecule has 1 amide bonds. The molecule has 0 heterocycles. The summed E-state index contributed by atoms with van der Waals surface area (Å²) in [7, 11) is 1.59. The van der Waals surface area contributed by atoms with Gasteiger partial charge in [0.25, 0.3) is 0 Å². The van der Waals surface area contributed by atoms with Gasteiger partial charge in [0.15, 0.2) is 11.5 Å². The molecule has 2 N–H and O–H groups in total. The van der Waals surface area contributed by atoms with Gasteiger partial charge in [-0.3, -0.25) is 4.79 Å². The van der Waals surface area contributed by atoms with Crippen molar-refractivity contribution in [2.24, 2.45) is 0 Å². The van der Waals surface area contributed by atoms with Crippen LogP contribution in [0.15, 0.2) is 12.1 Å². The van der Waals surface area contributed by atoms with Crippen molar-refractivity contribution in [1.82, 2.24) is 4.90 Å². The van der Waals surface area contributed by atoms with E-state index in [1.54, 1.807) is 13.2 Å². The minimum Gasteiger partial charge on any atom is -0.493 e. The minimum atomic E-state index is 0.178. The molecular weight excluding hydrogens is 292 g/mol. The van der Waals surface area contributed by atoms with E-state index < -0.39 is 0 Å². The first-order valence-corrected chi connectivity index (χ1v) is 8.44. The van der Waals surface area contributed by atoms with Crippen molar-refractivity contribution < 1.29 is 14.3 Å². The van der Waals surface area contributed by atoms with Crippen LogP contribution in [0.4, 0.5) is 5.69 Å². The van der Waals surface area contributed by atoms with Crippen LogP contribution in [0.5, 0.6) is 11.5 Å². The van der Waals surface area contributed by atoms with Crippen LogP contribution in [0.3, 0.4) is 0 Å². The molecule has 0 aliphatic carbocycles. The quantitative estimate of drug-likeness (QED) is 0.672. The third-order valence-corrected chi connectivity index (χ3v) is 3.61. The van der Waals surface area contributed by atoms with E-state index >= 15 is 0 Å². The van der Waals surface area contributed by atoms with Crippen LogP contribution in [0, 0.1) is 0 Å². The van der Waals surface area contributed by atoms with Gasteiger partial charge in [0, 0.05) is 36.8 Å². The normalized spacial score (nSPS) is 10.4. The maximum Gasteiger partial charge on any atom is 0.222 e. The van der Waals surface area contributed by atoms with Crippen LogP contribution >= 0.6 is 0 Å². The Morgan fingerprint density at radius 2 is 1.83 bits per heavy atom. The Bertz CT molecular complexity index is 497. The predicted octanol–water partition coefficient (Wildman–Crippen LogP) is 3.26. The van der Waals surface area contributed by atoms with Crippen molar-refractivity contribution in [2.45, 2.75) is 46.5 Å². The highest BCUT2D eigenvalue weighted by atomic mass is 16.5. The highest BCUT2D eigenvalue weighted by molar-refractivity contribution is 5.76. The summed E-state index contributed by atoms with van der Waals surface area (Å²) in [6.07, 6.45) is 3.00. The molecule has 5 nitrogen and oxygen atoms in total. The molecule has 0 atom stereocenters. The van der Waals surface area contributed by atoms with E-state index in [0.29, 0.717) is 36.6 Å². The number of carbonyl (C=O) groups is 1. The molecule has 130 valence electrons. The van der Waals surface area contributed by atoms with E-state index in [1.165, 1.54) is 0 Å². The Morgan fingerprint density at radius 1 is 1.17 bits per heavy atom. The number of aryl methyl sites for hydroxylation is 1. The van der Waals surface area contributed by atoms with Gasteiger partial charge in [-0.25, -0.2) is 0 Å². The van der Waals surface area contributed by atoms with Crippen molar-refractivity contribution >= 4 is 11.6 Å². The summed E-state index contributed by atoms with van der Waals surface area (Å²) in [4.78, 5) is 14.4. The number of hydrogen-bond acceptors (Lipinski definition) is 4. The van der Waals surface area contributed by atoms with Crippen LogP contribution in [0.1, 0.15) is 45.6 Å². The smallest absolute Gasteiger partial charge is 0.222 e. The maximum atomic E-state index is 12.4. The Labute approximate surface area is 139 Å². The zero-order chi connectivity index (χ0) is 17.2. The van der Waals surface area contributed by atoms with Crippen molar-refractivity contribution in [2.75, 3.05) is 32.5 Å². The Morgan fingerprint density at radius 3 is 2.35 bits per heavy atom. The van der Waals surface area contributed by atoms with E-state index in [1.807, 2.05) is 17.9 Å². The molecule has 0 radical (unpaired) electrons. The first-order valence-electron chi connectivity index (χ1n) is 8.44. The molecule has 1 rings (SSSR count). The standard InChI is InChI=1S/C18H30N2O3/c1-5-10-20(11-6-2)17(21)9-8-14-12-15(19)13-16(22-4)18(14)23-7-3/h12-13H,5-11,19H2,1-4H3. The number of hydrogen-bond donors (Lipinski definition) is 1. The van der Waals surface area contributed by atoms with E-state index in [-0.39, 0.29) is 5.91 Å². The molecule has 1 aromatic rings. The molecular formula is C18H30N2O3. The summed E-state index contributed by atoms with van der Waals surface area (Å²) >= 11 is 0. The number of methoxy groups -OCH3 is 1.